The van der Waals surface area contributed by atoms with Gasteiger partial charge in [0.1, 0.15) is 17.6 Å². The van der Waals surface area contributed by atoms with Crippen LogP contribution in [0.4, 0.5) is 0 Å². The molecule has 2 aromatic heterocycles. The van der Waals surface area contributed by atoms with Crippen LogP contribution in [0.3, 0.4) is 0 Å². The van der Waals surface area contributed by atoms with Crippen molar-refractivity contribution in [3.63, 3.8) is 0 Å². The number of aromatic nitrogens is 4. The molecule has 5 rings (SSSR count). The zero-order valence-corrected chi connectivity index (χ0v) is 17.0. The second-order valence-corrected chi connectivity index (χ2v) is 7.35. The Hall–Kier alpha value is -5.18. The Morgan fingerprint density at radius 3 is 1.78 bits per heavy atom. The topological polar surface area (TPSA) is 111 Å². The highest BCUT2D eigenvalue weighted by molar-refractivity contribution is 6.14. The maximum Gasteiger partial charge on any atom is 0.303 e. The van der Waals surface area contributed by atoms with E-state index >= 15 is 0 Å². The molecule has 0 aliphatic rings. The molecule has 0 saturated heterocycles. The van der Waals surface area contributed by atoms with Gasteiger partial charge in [-0.1, -0.05) is 12.1 Å². The fourth-order valence-electron chi connectivity index (χ4n) is 4.12. The van der Waals surface area contributed by atoms with Crippen LogP contribution in [0.2, 0.25) is 0 Å². The summed E-state index contributed by atoms with van der Waals surface area (Å²) in [4.78, 5) is 12.3. The summed E-state index contributed by atoms with van der Waals surface area (Å²) >= 11 is 0. The average molecular weight is 412 g/mol. The van der Waals surface area contributed by atoms with Gasteiger partial charge < -0.3 is 9.13 Å². The molecule has 32 heavy (non-hydrogen) atoms. The van der Waals surface area contributed by atoms with Gasteiger partial charge in [0, 0.05) is 14.1 Å². The van der Waals surface area contributed by atoms with E-state index in [4.69, 9.17) is 6.57 Å². The number of hydrogen-bond donors (Lipinski definition) is 0. The Bertz CT molecular complexity index is 1770. The summed E-state index contributed by atoms with van der Waals surface area (Å²) in [5.41, 5.74) is 3.61. The van der Waals surface area contributed by atoms with Gasteiger partial charge in [-0.15, -0.1) is 0 Å². The quantitative estimate of drug-likeness (QED) is 0.287. The number of aryl methyl sites for hydroxylation is 2. The number of rotatable bonds is 0. The fourth-order valence-corrected chi connectivity index (χ4v) is 4.12. The van der Waals surface area contributed by atoms with E-state index in [0.29, 0.717) is 22.0 Å². The summed E-state index contributed by atoms with van der Waals surface area (Å²) in [6.45, 7) is 7.24. The predicted molar refractivity (Wildman–Crippen MR) is 120 cm³/mol. The minimum absolute atomic E-state index is 0.0360. The number of nitriles is 3. The van der Waals surface area contributed by atoms with Crippen molar-refractivity contribution >= 4 is 54.9 Å². The molecule has 8 heteroatoms. The van der Waals surface area contributed by atoms with Crippen molar-refractivity contribution in [2.45, 2.75) is 0 Å². The second kappa shape index (κ2) is 6.67. The van der Waals surface area contributed by atoms with Crippen LogP contribution in [0, 0.1) is 40.6 Å². The molecule has 148 valence electrons. The van der Waals surface area contributed by atoms with Crippen LogP contribution in [0.5, 0.6) is 0 Å². The van der Waals surface area contributed by atoms with Crippen LogP contribution in [0.25, 0.3) is 59.7 Å². The zero-order chi connectivity index (χ0) is 22.6. The highest BCUT2D eigenvalue weighted by Gasteiger charge is 2.13. The predicted octanol–water partition coefficient (Wildman–Crippen LogP) is 2.52. The van der Waals surface area contributed by atoms with Crippen LogP contribution in [0.1, 0.15) is 0 Å². The molecule has 0 aliphatic heterocycles. The summed E-state index contributed by atoms with van der Waals surface area (Å²) in [7, 11) is 3.57. The lowest BCUT2D eigenvalue weighted by Crippen LogP contribution is -2.17. The summed E-state index contributed by atoms with van der Waals surface area (Å²) in [5.74, 6) is 0. The number of imidazole rings is 2. The van der Waals surface area contributed by atoms with Gasteiger partial charge >= 0.3 is 5.70 Å². The van der Waals surface area contributed by atoms with Gasteiger partial charge in [-0.2, -0.15) is 10.5 Å². The number of fused-ring (bicyclic) bond motifs is 5. The Balaban J connectivity index is 1.94. The normalized spacial score (nSPS) is 11.8. The van der Waals surface area contributed by atoms with E-state index in [-0.39, 0.29) is 11.3 Å². The summed E-state index contributed by atoms with van der Waals surface area (Å²) in [6.07, 6.45) is 0. The molecule has 0 aliphatic carbocycles. The van der Waals surface area contributed by atoms with Crippen LogP contribution < -0.4 is 11.0 Å². The molecule has 8 nitrogen and oxygen atoms in total. The Labute approximate surface area is 181 Å². The van der Waals surface area contributed by atoms with Crippen LogP contribution >= 0.6 is 0 Å². The lowest BCUT2D eigenvalue weighted by molar-refractivity contribution is 0.896. The SMILES string of the molecule is [C-]#[N+]/C(C#N)=c1\nc2cc3ccc4cc5nc(=C(C#N)C#N)n(C)c5cc4c3cc2n1C. The first-order valence-electron chi connectivity index (χ1n) is 9.52. The maximum atomic E-state index is 9.26. The minimum atomic E-state index is -0.0521. The molecule has 3 aromatic carbocycles. The molecule has 0 unspecified atom stereocenters. The average Bonchev–Trinajstić information content (AvgIpc) is 3.29. The number of benzene rings is 3. The van der Waals surface area contributed by atoms with Crippen molar-refractivity contribution in [3.8, 4) is 18.2 Å². The first kappa shape index (κ1) is 18.8. The maximum absolute atomic E-state index is 9.26. The molecule has 0 saturated carbocycles. The molecule has 5 aromatic rings. The molecule has 0 radical (unpaired) electrons. The van der Waals surface area contributed by atoms with E-state index < -0.39 is 0 Å². The molecule has 0 atom stereocenters. The van der Waals surface area contributed by atoms with E-state index in [0.717, 1.165) is 32.6 Å². The van der Waals surface area contributed by atoms with E-state index in [1.54, 1.807) is 23.2 Å². The van der Waals surface area contributed by atoms with Crippen LogP contribution in [-0.4, -0.2) is 19.1 Å². The number of hydrogen-bond acceptors (Lipinski definition) is 5. The molecule has 0 fully saturated rings. The zero-order valence-electron chi connectivity index (χ0n) is 17.0. The van der Waals surface area contributed by atoms with Crippen molar-refractivity contribution < 1.29 is 0 Å². The molecule has 0 N–H and O–H groups in total. The largest absolute Gasteiger partial charge is 0.336 e. The molecule has 0 spiro atoms. The Morgan fingerprint density at radius 1 is 0.812 bits per heavy atom. The fraction of sp³-hybridized carbons (Fsp3) is 0.0833. The molecule has 2 heterocycles. The summed E-state index contributed by atoms with van der Waals surface area (Å²) in [5, 5.41) is 31.7. The van der Waals surface area contributed by atoms with Gasteiger partial charge in [-0.25, -0.2) is 20.1 Å². The van der Waals surface area contributed by atoms with Crippen molar-refractivity contribution in [1.29, 1.82) is 15.8 Å². The highest BCUT2D eigenvalue weighted by Crippen LogP contribution is 2.31. The van der Waals surface area contributed by atoms with Crippen molar-refractivity contribution in [2.75, 3.05) is 0 Å². The molecule has 0 amide bonds. The molecular weight excluding hydrogens is 400 g/mol. The van der Waals surface area contributed by atoms with Gasteiger partial charge in [-0.05, 0) is 45.8 Å². The summed E-state index contributed by atoms with van der Waals surface area (Å²) in [6, 6.07) is 17.6. The lowest BCUT2D eigenvalue weighted by Gasteiger charge is -2.06. The molecular formula is C24H12N8. The van der Waals surface area contributed by atoms with Gasteiger partial charge in [0.2, 0.25) is 0 Å². The summed E-state index contributed by atoms with van der Waals surface area (Å²) < 4.78 is 3.51. The van der Waals surface area contributed by atoms with Gasteiger partial charge in [0.15, 0.2) is 11.1 Å². The van der Waals surface area contributed by atoms with Crippen LogP contribution in [-0.2, 0) is 14.1 Å². The first-order chi connectivity index (χ1) is 15.5. The van der Waals surface area contributed by atoms with Gasteiger partial charge in [0.25, 0.3) is 0 Å². The second-order valence-electron chi connectivity index (χ2n) is 7.35. The standard InChI is InChI=1S/C24H12N8/c1-28-20(12-27)24-30-19-7-14-5-4-13-6-18-21(31(2)23(29-18)15(10-25)11-26)8-16(13)17(14)9-22(19)32(24)3/h4-9H,2-3H3/b24-20+. The number of nitrogens with zero attached hydrogens (tertiary/aromatic N) is 8. The highest BCUT2D eigenvalue weighted by atomic mass is 15.1. The first-order valence-corrected chi connectivity index (χ1v) is 9.52. The van der Waals surface area contributed by atoms with Crippen molar-refractivity contribution in [1.82, 2.24) is 19.1 Å². The minimum Gasteiger partial charge on any atom is -0.336 e. The van der Waals surface area contributed by atoms with E-state index in [1.807, 2.05) is 54.6 Å². The van der Waals surface area contributed by atoms with E-state index in [2.05, 4.69) is 14.8 Å². The third kappa shape index (κ3) is 2.45. The lowest BCUT2D eigenvalue weighted by atomic mass is 10.0. The smallest absolute Gasteiger partial charge is 0.303 e. The van der Waals surface area contributed by atoms with Crippen LogP contribution in [0.15, 0.2) is 36.4 Å². The Kier molecular flexibility index (Phi) is 3.93. The van der Waals surface area contributed by atoms with Crippen molar-refractivity contribution in [3.05, 3.63) is 58.8 Å². The monoisotopic (exact) mass is 412 g/mol. The Morgan fingerprint density at radius 2 is 1.31 bits per heavy atom. The third-order valence-corrected chi connectivity index (χ3v) is 5.71. The van der Waals surface area contributed by atoms with E-state index in [1.165, 1.54) is 0 Å². The van der Waals surface area contributed by atoms with E-state index in [9.17, 15) is 15.8 Å². The van der Waals surface area contributed by atoms with Gasteiger partial charge in [-0.3, -0.25) is 0 Å². The van der Waals surface area contributed by atoms with Crippen molar-refractivity contribution in [2.24, 2.45) is 14.1 Å². The third-order valence-electron chi connectivity index (χ3n) is 5.71. The van der Waals surface area contributed by atoms with Gasteiger partial charge in [0.05, 0.1) is 34.7 Å². The molecule has 0 bridgehead atoms.